The predicted molar refractivity (Wildman–Crippen MR) is 207 cm³/mol. The molecule has 0 aliphatic heterocycles. The summed E-state index contributed by atoms with van der Waals surface area (Å²) in [5, 5.41) is 10.6. The van der Waals surface area contributed by atoms with Gasteiger partial charge in [0, 0.05) is 11.6 Å². The summed E-state index contributed by atoms with van der Waals surface area (Å²) in [4.78, 5) is 54.8. The van der Waals surface area contributed by atoms with Gasteiger partial charge in [0.2, 0.25) is 0 Å². The Morgan fingerprint density at radius 2 is 1.13 bits per heavy atom. The molecule has 52 heavy (non-hydrogen) atoms. The number of carboxylic acid groups (broad SMARTS) is 1. The molecule has 0 aliphatic carbocycles. The molecule has 0 heterocycles. The van der Waals surface area contributed by atoms with Crippen LogP contribution in [0.25, 0.3) is 0 Å². The van der Waals surface area contributed by atoms with Crippen molar-refractivity contribution in [3.63, 3.8) is 0 Å². The first-order valence-corrected chi connectivity index (χ1v) is 18.3. The number of aliphatic carboxylic acids is 1. The quantitative estimate of drug-likeness (QED) is 0.103. The Balaban J connectivity index is 2.81. The number of carbonyl (C=O) groups excluding carboxylic acids is 3. The van der Waals surface area contributed by atoms with Gasteiger partial charge in [-0.05, 0) is 63.9 Å². The molecule has 1 N–H and O–H groups in total. The van der Waals surface area contributed by atoms with Crippen LogP contribution in [0.5, 0.6) is 11.5 Å². The van der Waals surface area contributed by atoms with E-state index in [1.807, 2.05) is 89.2 Å². The van der Waals surface area contributed by atoms with Crippen LogP contribution in [0.2, 0.25) is 0 Å². The van der Waals surface area contributed by atoms with Crippen molar-refractivity contribution < 1.29 is 38.5 Å². The minimum Gasteiger partial charge on any atom is -0.497 e. The van der Waals surface area contributed by atoms with Crippen molar-refractivity contribution in [3.05, 3.63) is 59.7 Å². The summed E-state index contributed by atoms with van der Waals surface area (Å²) in [6.07, 6.45) is 1.14. The van der Waals surface area contributed by atoms with Crippen LogP contribution in [-0.4, -0.2) is 43.0 Å². The second-order valence-corrected chi connectivity index (χ2v) is 19.2. The molecule has 0 bridgehead atoms. The lowest BCUT2D eigenvalue weighted by atomic mass is 9.51. The van der Waals surface area contributed by atoms with Crippen LogP contribution in [0, 0.1) is 50.2 Å². The SMILES string of the molecule is COC(=O)C(CC(C)(C)C(C)(C)C(CC(C)(C)C(C)(C)C(CC(C)(C)C)C(=O)O)C(=O)Oc1cc(OC)ccc1C(=O)c1ccccc1)C(C)(C)C. The summed E-state index contributed by atoms with van der Waals surface area (Å²) in [6, 6.07) is 13.6. The van der Waals surface area contributed by atoms with Crippen LogP contribution in [0.1, 0.15) is 132 Å². The van der Waals surface area contributed by atoms with Crippen molar-refractivity contribution in [2.24, 2.45) is 50.2 Å². The summed E-state index contributed by atoms with van der Waals surface area (Å²) in [7, 11) is 2.89. The van der Waals surface area contributed by atoms with Crippen molar-refractivity contribution in [1.29, 1.82) is 0 Å². The number of esters is 2. The van der Waals surface area contributed by atoms with E-state index in [0.717, 1.165) is 0 Å². The zero-order valence-electron chi connectivity index (χ0n) is 34.8. The van der Waals surface area contributed by atoms with Crippen molar-refractivity contribution in [2.45, 2.75) is 116 Å². The normalized spacial score (nSPS) is 14.9. The van der Waals surface area contributed by atoms with Crippen LogP contribution in [-0.2, 0) is 19.1 Å². The van der Waals surface area contributed by atoms with Crippen LogP contribution >= 0.6 is 0 Å². The van der Waals surface area contributed by atoms with Crippen molar-refractivity contribution in [1.82, 2.24) is 0 Å². The summed E-state index contributed by atoms with van der Waals surface area (Å²) < 4.78 is 17.1. The highest BCUT2D eigenvalue weighted by atomic mass is 16.5. The maximum absolute atomic E-state index is 14.9. The molecule has 0 fully saturated rings. The molecule has 0 aliphatic rings. The van der Waals surface area contributed by atoms with Crippen LogP contribution in [0.15, 0.2) is 48.5 Å². The van der Waals surface area contributed by atoms with Crippen molar-refractivity contribution >= 4 is 23.7 Å². The number of methoxy groups -OCH3 is 2. The fourth-order valence-electron chi connectivity index (χ4n) is 7.10. The highest BCUT2D eigenvalue weighted by molar-refractivity contribution is 6.11. The largest absolute Gasteiger partial charge is 0.497 e. The molecule has 0 saturated carbocycles. The predicted octanol–water partition coefficient (Wildman–Crippen LogP) is 10.3. The van der Waals surface area contributed by atoms with Gasteiger partial charge in [-0.3, -0.25) is 19.2 Å². The van der Waals surface area contributed by atoms with Crippen molar-refractivity contribution in [3.8, 4) is 11.5 Å². The highest BCUT2D eigenvalue weighted by Gasteiger charge is 2.55. The third-order valence-electron chi connectivity index (χ3n) is 12.3. The zero-order valence-corrected chi connectivity index (χ0v) is 34.8. The summed E-state index contributed by atoms with van der Waals surface area (Å²) >= 11 is 0. The number of ketones is 1. The number of hydrogen-bond acceptors (Lipinski definition) is 7. The molecule has 0 radical (unpaired) electrons. The summed E-state index contributed by atoms with van der Waals surface area (Å²) in [5.41, 5.74) is -2.95. The molecule has 2 rings (SSSR count). The monoisotopic (exact) mass is 722 g/mol. The lowest BCUT2D eigenvalue weighted by Gasteiger charge is -2.53. The smallest absolute Gasteiger partial charge is 0.314 e. The van der Waals surface area contributed by atoms with Gasteiger partial charge in [-0.25, -0.2) is 0 Å². The Bertz CT molecular complexity index is 1570. The lowest BCUT2D eigenvalue weighted by Crippen LogP contribution is -2.51. The van der Waals surface area contributed by atoms with Crippen molar-refractivity contribution in [2.75, 3.05) is 14.2 Å². The third kappa shape index (κ3) is 10.3. The first-order valence-electron chi connectivity index (χ1n) is 18.3. The molecule has 0 spiro atoms. The second kappa shape index (κ2) is 16.1. The second-order valence-electron chi connectivity index (χ2n) is 19.2. The van der Waals surface area contributed by atoms with Gasteiger partial charge in [0.05, 0.1) is 37.5 Å². The van der Waals surface area contributed by atoms with Gasteiger partial charge in [-0.15, -0.1) is 0 Å². The number of hydrogen-bond donors (Lipinski definition) is 1. The van der Waals surface area contributed by atoms with E-state index >= 15 is 0 Å². The van der Waals surface area contributed by atoms with E-state index in [1.165, 1.54) is 14.2 Å². The fourth-order valence-corrected chi connectivity index (χ4v) is 7.10. The van der Waals surface area contributed by atoms with E-state index in [1.54, 1.807) is 42.5 Å². The Morgan fingerprint density at radius 3 is 1.58 bits per heavy atom. The molecule has 290 valence electrons. The zero-order chi connectivity index (χ0) is 40.3. The molecular formula is C44H66O8. The molecule has 3 atom stereocenters. The Labute approximate surface area is 313 Å². The first-order chi connectivity index (χ1) is 23.5. The maximum atomic E-state index is 14.9. The highest BCUT2D eigenvalue weighted by Crippen LogP contribution is 2.58. The van der Waals surface area contributed by atoms with Gasteiger partial charge >= 0.3 is 17.9 Å². The molecule has 2 aromatic rings. The molecule has 2 aromatic carbocycles. The van der Waals surface area contributed by atoms with E-state index in [2.05, 4.69) is 13.8 Å². The minimum atomic E-state index is -0.877. The van der Waals surface area contributed by atoms with E-state index < -0.39 is 56.8 Å². The minimum absolute atomic E-state index is 0.0761. The standard InChI is InChI=1S/C44H66O8/c1-39(2,3)25-31(36(46)47)43(11,12)42(9,10)27-33(44(13,14)41(7,8)26-32(37(48)51-16)40(4,5)6)38(49)52-34-24-29(50-15)22-23-30(34)35(45)28-20-18-17-19-21-28/h17-24,31-33H,25-27H2,1-16H3,(H,46,47). The average molecular weight is 723 g/mol. The molecular weight excluding hydrogens is 656 g/mol. The van der Waals surface area contributed by atoms with Gasteiger partial charge in [-0.1, -0.05) is 127 Å². The van der Waals surface area contributed by atoms with E-state index in [0.29, 0.717) is 24.2 Å². The Morgan fingerprint density at radius 1 is 0.635 bits per heavy atom. The van der Waals surface area contributed by atoms with Gasteiger partial charge < -0.3 is 19.3 Å². The molecule has 8 nitrogen and oxygen atoms in total. The number of carboxylic acids is 1. The van der Waals surface area contributed by atoms with Crippen LogP contribution < -0.4 is 9.47 Å². The third-order valence-corrected chi connectivity index (χ3v) is 12.3. The van der Waals surface area contributed by atoms with Crippen LogP contribution in [0.4, 0.5) is 0 Å². The first kappa shape index (κ1) is 44.5. The Hall–Kier alpha value is -3.68. The van der Waals surface area contributed by atoms with E-state index in [9.17, 15) is 24.3 Å². The van der Waals surface area contributed by atoms with E-state index in [-0.39, 0.29) is 34.9 Å². The molecule has 0 aromatic heterocycles. The molecule has 3 unspecified atom stereocenters. The van der Waals surface area contributed by atoms with Gasteiger partial charge in [0.15, 0.2) is 5.78 Å². The maximum Gasteiger partial charge on any atom is 0.314 e. The molecule has 0 saturated heterocycles. The summed E-state index contributed by atoms with van der Waals surface area (Å²) in [6.45, 7) is 28.3. The number of rotatable bonds is 16. The van der Waals surface area contributed by atoms with E-state index in [4.69, 9.17) is 14.2 Å². The average Bonchev–Trinajstić information content (AvgIpc) is 3.03. The number of benzene rings is 2. The van der Waals surface area contributed by atoms with Gasteiger partial charge in [0.25, 0.3) is 0 Å². The Kier molecular flexibility index (Phi) is 13.8. The number of ether oxygens (including phenoxy) is 3. The summed E-state index contributed by atoms with van der Waals surface area (Å²) in [5.74, 6) is -3.52. The molecule has 0 amide bonds. The molecule has 8 heteroatoms. The fraction of sp³-hybridized carbons (Fsp3) is 0.636. The van der Waals surface area contributed by atoms with Crippen LogP contribution in [0.3, 0.4) is 0 Å². The topological polar surface area (TPSA) is 116 Å². The van der Waals surface area contributed by atoms with Gasteiger partial charge in [-0.2, -0.15) is 0 Å². The number of carbonyl (C=O) groups is 4. The lowest BCUT2D eigenvalue weighted by molar-refractivity contribution is -0.159. The van der Waals surface area contributed by atoms with Gasteiger partial charge in [0.1, 0.15) is 11.5 Å².